The Kier molecular flexibility index (Phi) is 10.5. The van der Waals surface area contributed by atoms with E-state index in [1.807, 2.05) is 0 Å². The number of nitrogens with zero attached hydrogens (tertiary/aromatic N) is 2. The van der Waals surface area contributed by atoms with E-state index in [0.29, 0.717) is 12.1 Å². The van der Waals surface area contributed by atoms with E-state index in [4.69, 9.17) is 4.74 Å². The Morgan fingerprint density at radius 2 is 1.92 bits per heavy atom. The first-order chi connectivity index (χ1) is 11.5. The number of hydrogen-bond donors (Lipinski definition) is 2. The molecule has 0 radical (unpaired) electrons. The van der Waals surface area contributed by atoms with E-state index < -0.39 is 0 Å². The van der Waals surface area contributed by atoms with Crippen molar-refractivity contribution in [2.45, 2.75) is 70.9 Å². The molecular weight excluding hydrogens is 304 g/mol. The van der Waals surface area contributed by atoms with Crippen LogP contribution in [0.1, 0.15) is 58.8 Å². The van der Waals surface area contributed by atoms with Crippen molar-refractivity contribution in [1.29, 1.82) is 0 Å². The fourth-order valence-electron chi connectivity index (χ4n) is 2.63. The minimum Gasteiger partial charge on any atom is -0.379 e. The van der Waals surface area contributed by atoms with Crippen LogP contribution in [-0.4, -0.2) is 62.7 Å². The van der Waals surface area contributed by atoms with Gasteiger partial charge >= 0.3 is 0 Å². The fourth-order valence-corrected chi connectivity index (χ4v) is 2.63. The van der Waals surface area contributed by atoms with Crippen LogP contribution in [0.15, 0.2) is 4.99 Å². The minimum atomic E-state index is 0.0186. The topological polar surface area (TPSA) is 66.0 Å². The molecule has 1 rings (SSSR count). The molecule has 0 bridgehead atoms. The lowest BCUT2D eigenvalue weighted by atomic mass is 9.96. The highest BCUT2D eigenvalue weighted by Crippen LogP contribution is 2.17. The second-order valence-electron chi connectivity index (χ2n) is 6.99. The molecule has 1 fully saturated rings. The van der Waals surface area contributed by atoms with E-state index in [1.54, 1.807) is 19.0 Å². The molecule has 24 heavy (non-hydrogen) atoms. The van der Waals surface area contributed by atoms with Crippen LogP contribution in [-0.2, 0) is 9.53 Å². The highest BCUT2D eigenvalue weighted by Gasteiger charge is 2.15. The molecule has 1 aliphatic rings. The number of hydrogen-bond acceptors (Lipinski definition) is 3. The third kappa shape index (κ3) is 9.75. The van der Waals surface area contributed by atoms with Gasteiger partial charge in [0.25, 0.3) is 0 Å². The molecule has 0 aromatic heterocycles. The van der Waals surface area contributed by atoms with Gasteiger partial charge in [-0.05, 0) is 39.5 Å². The van der Waals surface area contributed by atoms with Gasteiger partial charge in [-0.1, -0.05) is 19.3 Å². The maximum absolute atomic E-state index is 11.8. The van der Waals surface area contributed by atoms with E-state index >= 15 is 0 Å². The molecule has 0 aliphatic heterocycles. The second-order valence-corrected chi connectivity index (χ2v) is 6.99. The number of rotatable bonds is 9. The van der Waals surface area contributed by atoms with Gasteiger partial charge in [-0.25, -0.2) is 4.99 Å². The van der Waals surface area contributed by atoms with Crippen molar-refractivity contribution in [2.75, 3.05) is 33.8 Å². The van der Waals surface area contributed by atoms with Crippen molar-refractivity contribution in [3.05, 3.63) is 0 Å². The highest BCUT2D eigenvalue weighted by atomic mass is 16.5. The number of carbonyl (C=O) groups excluding carboxylic acids is 1. The van der Waals surface area contributed by atoms with Gasteiger partial charge in [-0.15, -0.1) is 0 Å². The Labute approximate surface area is 147 Å². The molecule has 0 spiro atoms. The molecule has 0 unspecified atom stereocenters. The van der Waals surface area contributed by atoms with Crippen molar-refractivity contribution in [3.63, 3.8) is 0 Å². The van der Waals surface area contributed by atoms with Crippen LogP contribution in [0.3, 0.4) is 0 Å². The number of likely N-dealkylation sites (N-methyl/N-ethyl adjacent to an activating group) is 1. The third-order valence-corrected chi connectivity index (χ3v) is 4.13. The SMILES string of the molecule is CC(C)OCCCCNC(=NCC(=O)N(C)C)NC1CCCCC1. The summed E-state index contributed by atoms with van der Waals surface area (Å²) in [5.41, 5.74) is 0. The monoisotopic (exact) mass is 340 g/mol. The summed E-state index contributed by atoms with van der Waals surface area (Å²) in [5, 5.41) is 6.86. The number of nitrogens with one attached hydrogen (secondary N) is 2. The minimum absolute atomic E-state index is 0.0186. The van der Waals surface area contributed by atoms with Gasteiger partial charge in [0.15, 0.2) is 5.96 Å². The predicted octanol–water partition coefficient (Wildman–Crippen LogP) is 2.15. The average Bonchev–Trinajstić information content (AvgIpc) is 2.55. The van der Waals surface area contributed by atoms with Crippen LogP contribution in [0, 0.1) is 0 Å². The average molecular weight is 341 g/mol. The summed E-state index contributed by atoms with van der Waals surface area (Å²) in [6.07, 6.45) is 8.59. The Hall–Kier alpha value is -1.30. The van der Waals surface area contributed by atoms with E-state index in [0.717, 1.165) is 32.0 Å². The van der Waals surface area contributed by atoms with Crippen LogP contribution < -0.4 is 10.6 Å². The molecule has 2 N–H and O–H groups in total. The number of carbonyl (C=O) groups is 1. The fraction of sp³-hybridized carbons (Fsp3) is 0.889. The Bertz CT molecular complexity index is 377. The molecule has 1 amide bonds. The van der Waals surface area contributed by atoms with E-state index in [1.165, 1.54) is 32.1 Å². The Balaban J connectivity index is 2.38. The molecule has 0 aromatic rings. The van der Waals surface area contributed by atoms with Crippen LogP contribution in [0.5, 0.6) is 0 Å². The van der Waals surface area contributed by atoms with Crippen molar-refractivity contribution >= 4 is 11.9 Å². The largest absolute Gasteiger partial charge is 0.379 e. The predicted molar refractivity (Wildman–Crippen MR) is 99.3 cm³/mol. The van der Waals surface area contributed by atoms with E-state index in [2.05, 4.69) is 29.5 Å². The number of guanidine groups is 1. The second kappa shape index (κ2) is 12.1. The van der Waals surface area contributed by atoms with Crippen molar-refractivity contribution in [2.24, 2.45) is 4.99 Å². The summed E-state index contributed by atoms with van der Waals surface area (Å²) in [6, 6.07) is 0.476. The number of unbranched alkanes of at least 4 members (excludes halogenated alkanes) is 1. The van der Waals surface area contributed by atoms with Crippen molar-refractivity contribution in [3.8, 4) is 0 Å². The van der Waals surface area contributed by atoms with E-state index in [-0.39, 0.29) is 12.5 Å². The molecule has 6 nitrogen and oxygen atoms in total. The molecule has 0 saturated heterocycles. The molecule has 0 aromatic carbocycles. The Morgan fingerprint density at radius 3 is 2.54 bits per heavy atom. The van der Waals surface area contributed by atoms with Crippen LogP contribution in [0.4, 0.5) is 0 Å². The summed E-state index contributed by atoms with van der Waals surface area (Å²) >= 11 is 0. The van der Waals surface area contributed by atoms with Crippen LogP contribution in [0.2, 0.25) is 0 Å². The first kappa shape index (κ1) is 20.7. The van der Waals surface area contributed by atoms with Crippen molar-refractivity contribution in [1.82, 2.24) is 15.5 Å². The maximum Gasteiger partial charge on any atom is 0.243 e. The number of ether oxygens (including phenoxy) is 1. The van der Waals surface area contributed by atoms with Crippen LogP contribution in [0.25, 0.3) is 0 Å². The summed E-state index contributed by atoms with van der Waals surface area (Å²) in [5.74, 6) is 0.784. The summed E-state index contributed by atoms with van der Waals surface area (Å²) < 4.78 is 5.55. The Morgan fingerprint density at radius 1 is 1.21 bits per heavy atom. The first-order valence-electron chi connectivity index (χ1n) is 9.35. The molecule has 0 atom stereocenters. The summed E-state index contributed by atoms with van der Waals surface area (Å²) in [4.78, 5) is 17.8. The zero-order chi connectivity index (χ0) is 17.8. The number of aliphatic imine (C=N–C) groups is 1. The lowest BCUT2D eigenvalue weighted by Crippen LogP contribution is -2.45. The maximum atomic E-state index is 11.8. The van der Waals surface area contributed by atoms with Gasteiger partial charge in [0.1, 0.15) is 6.54 Å². The summed E-state index contributed by atoms with van der Waals surface area (Å²) in [7, 11) is 3.52. The zero-order valence-electron chi connectivity index (χ0n) is 15.9. The molecule has 1 aliphatic carbocycles. The molecule has 1 saturated carbocycles. The lowest BCUT2D eigenvalue weighted by Gasteiger charge is -2.25. The van der Waals surface area contributed by atoms with Crippen molar-refractivity contribution < 1.29 is 9.53 Å². The van der Waals surface area contributed by atoms with Gasteiger partial charge in [0.05, 0.1) is 6.10 Å². The van der Waals surface area contributed by atoms with Gasteiger partial charge in [-0.3, -0.25) is 4.79 Å². The molecule has 6 heteroatoms. The lowest BCUT2D eigenvalue weighted by molar-refractivity contribution is -0.127. The summed E-state index contributed by atoms with van der Waals surface area (Å²) in [6.45, 7) is 5.93. The van der Waals surface area contributed by atoms with E-state index in [9.17, 15) is 4.79 Å². The smallest absolute Gasteiger partial charge is 0.243 e. The first-order valence-corrected chi connectivity index (χ1v) is 9.35. The zero-order valence-corrected chi connectivity index (χ0v) is 15.9. The standard InChI is InChI=1S/C18H36N4O2/c1-15(2)24-13-9-8-12-19-18(20-14-17(23)22(3)4)21-16-10-6-5-7-11-16/h15-16H,5-14H2,1-4H3,(H2,19,20,21). The van der Waals surface area contributed by atoms with Gasteiger partial charge in [0.2, 0.25) is 5.91 Å². The molecule has 140 valence electrons. The van der Waals surface area contributed by atoms with Crippen LogP contribution >= 0.6 is 0 Å². The molecule has 0 heterocycles. The normalized spacial score (nSPS) is 16.3. The highest BCUT2D eigenvalue weighted by molar-refractivity contribution is 5.84. The third-order valence-electron chi connectivity index (χ3n) is 4.13. The van der Waals surface area contributed by atoms with Gasteiger partial charge in [-0.2, -0.15) is 0 Å². The number of amides is 1. The molecular formula is C18H36N4O2. The van der Waals surface area contributed by atoms with Gasteiger partial charge in [0, 0.05) is 33.3 Å². The quantitative estimate of drug-likeness (QED) is 0.383. The van der Waals surface area contributed by atoms with Gasteiger partial charge < -0.3 is 20.3 Å².